The lowest BCUT2D eigenvalue weighted by Crippen LogP contribution is -2.25. The molecule has 1 aromatic rings. The molecule has 0 spiro atoms. The van der Waals surface area contributed by atoms with E-state index in [1.54, 1.807) is 0 Å². The van der Waals surface area contributed by atoms with Crippen LogP contribution in [0.4, 0.5) is 4.39 Å². The normalized spacial score (nSPS) is 28.6. The second kappa shape index (κ2) is 10.7. The molecule has 0 saturated heterocycles. The van der Waals surface area contributed by atoms with Crippen LogP contribution >= 0.6 is 11.6 Å². The van der Waals surface area contributed by atoms with E-state index in [4.69, 9.17) is 16.3 Å². The fourth-order valence-corrected chi connectivity index (χ4v) is 5.51. The predicted molar refractivity (Wildman–Crippen MR) is 117 cm³/mol. The molecule has 0 radical (unpaired) electrons. The van der Waals surface area contributed by atoms with Gasteiger partial charge < -0.3 is 4.74 Å². The fourth-order valence-electron chi connectivity index (χ4n) is 5.28. The van der Waals surface area contributed by atoms with E-state index in [0.717, 1.165) is 49.0 Å². The van der Waals surface area contributed by atoms with Crippen molar-refractivity contribution >= 4 is 11.6 Å². The molecule has 156 valence electrons. The van der Waals surface area contributed by atoms with Crippen LogP contribution in [0.25, 0.3) is 0 Å². The highest BCUT2D eigenvalue weighted by molar-refractivity contribution is 6.32. The Kier molecular flexibility index (Phi) is 8.26. The van der Waals surface area contributed by atoms with Crippen molar-refractivity contribution in [1.29, 1.82) is 0 Å². The summed E-state index contributed by atoms with van der Waals surface area (Å²) in [6, 6.07) is 3.78. The number of benzene rings is 1. The summed E-state index contributed by atoms with van der Waals surface area (Å²) in [5.41, 5.74) is 0.795. The summed E-state index contributed by atoms with van der Waals surface area (Å²) < 4.78 is 20.6. The molecule has 0 N–H and O–H groups in total. The molecular formula is C25H36ClFO. The molecule has 0 bridgehead atoms. The van der Waals surface area contributed by atoms with Crippen LogP contribution in [0, 0.1) is 23.6 Å². The van der Waals surface area contributed by atoms with Gasteiger partial charge in [-0.05, 0) is 100 Å². The molecule has 1 aromatic carbocycles. The average molecular weight is 407 g/mol. The first-order valence-corrected chi connectivity index (χ1v) is 11.7. The zero-order valence-corrected chi connectivity index (χ0v) is 18.3. The smallest absolute Gasteiger partial charge is 0.149 e. The Morgan fingerprint density at radius 3 is 2.29 bits per heavy atom. The van der Waals surface area contributed by atoms with E-state index in [1.807, 2.05) is 12.1 Å². The standard InChI is InChI=1S/C25H36ClFO/c1-3-5-17-28-23-16-15-22(25(27)24(23)26)21-13-11-20(12-14-21)19-9-7-18(6-4-2)8-10-19/h4,6,15-16,18-21H,3,5,7-14,17H2,1-2H3/b6-4+. The van der Waals surface area contributed by atoms with Gasteiger partial charge in [0.05, 0.1) is 6.61 Å². The maximum absolute atomic E-state index is 14.9. The maximum atomic E-state index is 14.9. The van der Waals surface area contributed by atoms with E-state index in [-0.39, 0.29) is 10.8 Å². The van der Waals surface area contributed by atoms with Crippen molar-refractivity contribution in [3.8, 4) is 5.75 Å². The number of ether oxygens (including phenoxy) is 1. The molecule has 0 aromatic heterocycles. The van der Waals surface area contributed by atoms with Crippen LogP contribution in [-0.4, -0.2) is 6.61 Å². The van der Waals surface area contributed by atoms with Crippen molar-refractivity contribution in [1.82, 2.24) is 0 Å². The topological polar surface area (TPSA) is 9.23 Å². The zero-order valence-electron chi connectivity index (χ0n) is 17.6. The van der Waals surface area contributed by atoms with Gasteiger partial charge in [0.15, 0.2) is 0 Å². The lowest BCUT2D eigenvalue weighted by Gasteiger charge is -2.37. The summed E-state index contributed by atoms with van der Waals surface area (Å²) in [5.74, 6) is 3.04. The highest BCUT2D eigenvalue weighted by Gasteiger charge is 2.32. The van der Waals surface area contributed by atoms with Crippen LogP contribution in [0.15, 0.2) is 24.3 Å². The van der Waals surface area contributed by atoms with E-state index in [1.165, 1.54) is 38.5 Å². The first-order chi connectivity index (χ1) is 13.6. The van der Waals surface area contributed by atoms with Crippen molar-refractivity contribution in [3.05, 3.63) is 40.7 Å². The van der Waals surface area contributed by atoms with Gasteiger partial charge in [-0.3, -0.25) is 0 Å². The molecule has 2 aliphatic carbocycles. The highest BCUT2D eigenvalue weighted by Crippen LogP contribution is 2.45. The number of halogens is 2. The third kappa shape index (κ3) is 5.32. The predicted octanol–water partition coefficient (Wildman–Crippen LogP) is 8.31. The number of rotatable bonds is 7. The molecule has 3 rings (SSSR count). The van der Waals surface area contributed by atoms with Gasteiger partial charge in [-0.1, -0.05) is 43.2 Å². The third-order valence-electron chi connectivity index (χ3n) is 6.99. The first-order valence-electron chi connectivity index (χ1n) is 11.4. The van der Waals surface area contributed by atoms with Crippen LogP contribution in [0.2, 0.25) is 5.02 Å². The Bertz CT molecular complexity index is 640. The van der Waals surface area contributed by atoms with Gasteiger partial charge in [-0.15, -0.1) is 0 Å². The van der Waals surface area contributed by atoms with E-state index >= 15 is 0 Å². The molecule has 2 saturated carbocycles. The second-order valence-electron chi connectivity index (χ2n) is 8.80. The molecule has 0 amide bonds. The average Bonchev–Trinajstić information content (AvgIpc) is 2.72. The van der Waals surface area contributed by atoms with E-state index in [9.17, 15) is 4.39 Å². The number of hydrogen-bond acceptors (Lipinski definition) is 1. The van der Waals surface area contributed by atoms with Crippen LogP contribution < -0.4 is 4.74 Å². The van der Waals surface area contributed by atoms with E-state index < -0.39 is 0 Å². The van der Waals surface area contributed by atoms with Crippen molar-refractivity contribution in [2.45, 2.75) is 84.0 Å². The van der Waals surface area contributed by atoms with Crippen molar-refractivity contribution in [3.63, 3.8) is 0 Å². The minimum Gasteiger partial charge on any atom is -0.492 e. The summed E-state index contributed by atoms with van der Waals surface area (Å²) in [6.07, 6.45) is 16.7. The third-order valence-corrected chi connectivity index (χ3v) is 7.34. The maximum Gasteiger partial charge on any atom is 0.149 e. The van der Waals surface area contributed by atoms with Gasteiger partial charge in [-0.2, -0.15) is 0 Å². The highest BCUT2D eigenvalue weighted by atomic mass is 35.5. The Balaban J connectivity index is 1.54. The SMILES string of the molecule is C/C=C/C1CCC(C2CCC(c3ccc(OCCCC)c(Cl)c3F)CC2)CC1. The Hall–Kier alpha value is -1.02. The Morgan fingerprint density at radius 2 is 1.68 bits per heavy atom. The summed E-state index contributed by atoms with van der Waals surface area (Å²) in [4.78, 5) is 0. The minimum absolute atomic E-state index is 0.165. The van der Waals surface area contributed by atoms with Gasteiger partial charge in [0.2, 0.25) is 0 Å². The van der Waals surface area contributed by atoms with E-state index in [2.05, 4.69) is 26.0 Å². The summed E-state index contributed by atoms with van der Waals surface area (Å²) in [6.45, 7) is 4.83. The molecule has 0 heterocycles. The molecular weight excluding hydrogens is 371 g/mol. The molecule has 2 fully saturated rings. The van der Waals surface area contributed by atoms with Crippen LogP contribution in [0.5, 0.6) is 5.75 Å². The molecule has 28 heavy (non-hydrogen) atoms. The van der Waals surface area contributed by atoms with E-state index in [0.29, 0.717) is 18.3 Å². The molecule has 3 heteroatoms. The van der Waals surface area contributed by atoms with Crippen molar-refractivity contribution in [2.24, 2.45) is 17.8 Å². The summed E-state index contributed by atoms with van der Waals surface area (Å²) in [7, 11) is 0. The number of unbranched alkanes of at least 4 members (excludes halogenated alkanes) is 1. The second-order valence-corrected chi connectivity index (χ2v) is 9.17. The quantitative estimate of drug-likeness (QED) is 0.326. The minimum atomic E-state index is -0.258. The van der Waals surface area contributed by atoms with Crippen molar-refractivity contribution in [2.75, 3.05) is 6.61 Å². The Labute approximate surface area is 175 Å². The van der Waals surface area contributed by atoms with Gasteiger partial charge >= 0.3 is 0 Å². The Morgan fingerprint density at radius 1 is 1.04 bits per heavy atom. The molecule has 0 unspecified atom stereocenters. The van der Waals surface area contributed by atoms with Gasteiger partial charge in [-0.25, -0.2) is 4.39 Å². The van der Waals surface area contributed by atoms with Crippen LogP contribution in [0.3, 0.4) is 0 Å². The number of hydrogen-bond donors (Lipinski definition) is 0. The van der Waals surface area contributed by atoms with Gasteiger partial charge in [0.1, 0.15) is 16.6 Å². The monoisotopic (exact) mass is 406 g/mol. The first kappa shape index (κ1) is 21.7. The van der Waals surface area contributed by atoms with Gasteiger partial charge in [0.25, 0.3) is 0 Å². The molecule has 0 atom stereocenters. The summed E-state index contributed by atoms with van der Waals surface area (Å²) in [5, 5.41) is 0.165. The molecule has 0 aliphatic heterocycles. The fraction of sp³-hybridized carbons (Fsp3) is 0.680. The molecule has 2 aliphatic rings. The van der Waals surface area contributed by atoms with Crippen LogP contribution in [-0.2, 0) is 0 Å². The summed E-state index contributed by atoms with van der Waals surface area (Å²) >= 11 is 6.28. The largest absolute Gasteiger partial charge is 0.492 e. The van der Waals surface area contributed by atoms with Gasteiger partial charge in [0, 0.05) is 0 Å². The number of allylic oxidation sites excluding steroid dienone is 2. The lowest BCUT2D eigenvalue weighted by molar-refractivity contribution is 0.171. The van der Waals surface area contributed by atoms with Crippen LogP contribution in [0.1, 0.15) is 89.5 Å². The van der Waals surface area contributed by atoms with Crippen molar-refractivity contribution < 1.29 is 9.13 Å². The molecule has 1 nitrogen and oxygen atoms in total. The zero-order chi connectivity index (χ0) is 19.9. The lowest BCUT2D eigenvalue weighted by atomic mass is 9.68.